The topological polar surface area (TPSA) is 86.5 Å². The average Bonchev–Trinajstić information content (AvgIpc) is 2.26. The van der Waals surface area contributed by atoms with Crippen LogP contribution in [0.3, 0.4) is 0 Å². The Hall–Kier alpha value is -2.24. The number of rotatable bonds is 5. The van der Waals surface area contributed by atoms with Crippen LogP contribution in [0.4, 0.5) is 5.69 Å². The fourth-order valence-electron chi connectivity index (χ4n) is 0.962. The van der Waals surface area contributed by atoms with Crippen molar-refractivity contribution in [1.82, 2.24) is 0 Å². The molecule has 0 N–H and O–H groups in total. The highest BCUT2D eigenvalue weighted by Crippen LogP contribution is 2.12. The molecule has 1 aromatic rings. The second kappa shape index (κ2) is 4.85. The number of hydrogen-bond acceptors (Lipinski definition) is 5. The highest BCUT2D eigenvalue weighted by atomic mass is 16.6. The quantitative estimate of drug-likeness (QED) is 0.312. The minimum atomic E-state index is -0.559. The summed E-state index contributed by atoms with van der Waals surface area (Å²) in [4.78, 5) is 30.8. The van der Waals surface area contributed by atoms with Crippen molar-refractivity contribution in [3.8, 4) is 0 Å². The fourth-order valence-corrected chi connectivity index (χ4v) is 0.962. The van der Waals surface area contributed by atoms with Gasteiger partial charge in [-0.25, -0.2) is 0 Å². The zero-order valence-corrected chi connectivity index (χ0v) is 7.58. The second-order valence-electron chi connectivity index (χ2n) is 2.63. The summed E-state index contributed by atoms with van der Waals surface area (Å²) in [6.07, 6.45) is 0. The number of benzene rings is 1. The molecule has 0 aliphatic rings. The molecule has 0 heterocycles. The second-order valence-corrected chi connectivity index (χ2v) is 2.63. The van der Waals surface area contributed by atoms with Gasteiger partial charge in [0.25, 0.3) is 12.2 Å². The molecule has 1 rings (SSSR count). The third-order valence-corrected chi connectivity index (χ3v) is 1.68. The maximum Gasteiger partial charge on any atom is 0.293 e. The SMILES string of the molecule is O=COCC(=O)c1ccc([N+](=O)[O-])cc1. The van der Waals surface area contributed by atoms with Gasteiger partial charge in [-0.15, -0.1) is 0 Å². The zero-order chi connectivity index (χ0) is 11.3. The van der Waals surface area contributed by atoms with Crippen molar-refractivity contribution in [2.24, 2.45) is 0 Å². The number of carbonyl (C=O) groups excluding carboxylic acids is 2. The van der Waals surface area contributed by atoms with Crippen LogP contribution in [0.1, 0.15) is 10.4 Å². The van der Waals surface area contributed by atoms with Gasteiger partial charge in [-0.3, -0.25) is 19.7 Å². The molecule has 0 spiro atoms. The van der Waals surface area contributed by atoms with Gasteiger partial charge in [0.05, 0.1) is 4.92 Å². The third-order valence-electron chi connectivity index (χ3n) is 1.68. The lowest BCUT2D eigenvalue weighted by Crippen LogP contribution is -2.08. The predicted octanol–water partition coefficient (Wildman–Crippen LogP) is 0.951. The lowest BCUT2D eigenvalue weighted by Gasteiger charge is -1.98. The highest BCUT2D eigenvalue weighted by molar-refractivity contribution is 5.97. The molecule has 0 unspecified atom stereocenters. The Balaban J connectivity index is 2.75. The Morgan fingerprint density at radius 3 is 2.47 bits per heavy atom. The Labute approximate surface area is 84.6 Å². The molecule has 78 valence electrons. The molecule has 15 heavy (non-hydrogen) atoms. The Morgan fingerprint density at radius 2 is 2.00 bits per heavy atom. The van der Waals surface area contributed by atoms with Gasteiger partial charge in [-0.1, -0.05) is 0 Å². The van der Waals surface area contributed by atoms with E-state index in [1.165, 1.54) is 24.3 Å². The standard InChI is InChI=1S/C9H7NO5/c11-6-15-5-9(12)7-1-3-8(4-2-7)10(13)14/h1-4,6H,5H2. The van der Waals surface area contributed by atoms with E-state index < -0.39 is 10.7 Å². The van der Waals surface area contributed by atoms with Crippen molar-refractivity contribution in [3.05, 3.63) is 39.9 Å². The predicted molar refractivity (Wildman–Crippen MR) is 49.4 cm³/mol. The number of Topliss-reactive ketones (excluding diaryl/α,β-unsaturated/α-hetero) is 1. The van der Waals surface area contributed by atoms with Crippen LogP contribution in [-0.4, -0.2) is 23.8 Å². The summed E-state index contributed by atoms with van der Waals surface area (Å²) >= 11 is 0. The Kier molecular flexibility index (Phi) is 3.50. The van der Waals surface area contributed by atoms with E-state index in [1.54, 1.807) is 0 Å². The first-order valence-electron chi connectivity index (χ1n) is 3.98. The molecule has 0 aliphatic carbocycles. The molecule has 0 aromatic heterocycles. The molecule has 0 saturated heterocycles. The largest absolute Gasteiger partial charge is 0.459 e. The number of carbonyl (C=O) groups is 2. The van der Waals surface area contributed by atoms with E-state index in [-0.39, 0.29) is 24.3 Å². The number of nitro groups is 1. The molecule has 0 fully saturated rings. The number of hydrogen-bond donors (Lipinski definition) is 0. The van der Waals surface area contributed by atoms with Gasteiger partial charge in [0.15, 0.2) is 12.4 Å². The van der Waals surface area contributed by atoms with Gasteiger partial charge in [0, 0.05) is 17.7 Å². The summed E-state index contributed by atoms with van der Waals surface area (Å²) < 4.78 is 4.26. The number of non-ortho nitro benzene ring substituents is 1. The lowest BCUT2D eigenvalue weighted by atomic mass is 10.1. The number of nitrogens with zero attached hydrogens (tertiary/aromatic N) is 1. The van der Waals surface area contributed by atoms with E-state index >= 15 is 0 Å². The molecule has 0 amide bonds. The van der Waals surface area contributed by atoms with E-state index in [0.29, 0.717) is 0 Å². The van der Waals surface area contributed by atoms with Gasteiger partial charge in [-0.2, -0.15) is 0 Å². The highest BCUT2D eigenvalue weighted by Gasteiger charge is 2.09. The minimum Gasteiger partial charge on any atom is -0.459 e. The number of nitro benzene ring substituents is 1. The summed E-state index contributed by atoms with van der Waals surface area (Å²) in [7, 11) is 0. The van der Waals surface area contributed by atoms with Crippen molar-refractivity contribution in [1.29, 1.82) is 0 Å². The van der Waals surface area contributed by atoms with Crippen molar-refractivity contribution in [2.45, 2.75) is 0 Å². The molecule has 0 saturated carbocycles. The zero-order valence-electron chi connectivity index (χ0n) is 7.58. The average molecular weight is 209 g/mol. The summed E-state index contributed by atoms with van der Waals surface area (Å²) in [6, 6.07) is 5.06. The van der Waals surface area contributed by atoms with Gasteiger partial charge < -0.3 is 4.74 Å². The van der Waals surface area contributed by atoms with E-state index in [4.69, 9.17) is 0 Å². The van der Waals surface area contributed by atoms with Gasteiger partial charge in [-0.05, 0) is 12.1 Å². The molecule has 0 bridgehead atoms. The number of ether oxygens (including phenoxy) is 1. The number of ketones is 1. The molecular weight excluding hydrogens is 202 g/mol. The Morgan fingerprint density at radius 1 is 1.40 bits per heavy atom. The third kappa shape index (κ3) is 2.87. The molecule has 6 nitrogen and oxygen atoms in total. The van der Waals surface area contributed by atoms with Crippen LogP contribution in [-0.2, 0) is 9.53 Å². The minimum absolute atomic E-state index is 0.0946. The first kappa shape index (κ1) is 10.8. The first-order chi connectivity index (χ1) is 7.15. The summed E-state index contributed by atoms with van der Waals surface area (Å²) in [5.74, 6) is -0.406. The maximum atomic E-state index is 11.2. The van der Waals surface area contributed by atoms with Crippen LogP contribution in [0, 0.1) is 10.1 Å². The van der Waals surface area contributed by atoms with Crippen molar-refractivity contribution in [3.63, 3.8) is 0 Å². The molecule has 0 radical (unpaired) electrons. The summed E-state index contributed by atoms with van der Waals surface area (Å²) in [5, 5.41) is 10.3. The fraction of sp³-hybridized carbons (Fsp3) is 0.111. The van der Waals surface area contributed by atoms with Gasteiger partial charge in [0.2, 0.25) is 0 Å². The van der Waals surface area contributed by atoms with Crippen molar-refractivity contribution >= 4 is 17.9 Å². The molecule has 1 aromatic carbocycles. The van der Waals surface area contributed by atoms with E-state index in [9.17, 15) is 19.7 Å². The van der Waals surface area contributed by atoms with Crippen LogP contribution in [0.15, 0.2) is 24.3 Å². The van der Waals surface area contributed by atoms with E-state index in [2.05, 4.69) is 4.74 Å². The van der Waals surface area contributed by atoms with E-state index in [0.717, 1.165) is 0 Å². The first-order valence-corrected chi connectivity index (χ1v) is 3.98. The Bertz CT molecular complexity index is 384. The van der Waals surface area contributed by atoms with E-state index in [1.807, 2.05) is 0 Å². The van der Waals surface area contributed by atoms with Gasteiger partial charge in [0.1, 0.15) is 0 Å². The monoisotopic (exact) mass is 209 g/mol. The summed E-state index contributed by atoms with van der Waals surface area (Å²) in [6.45, 7) is -0.190. The molecular formula is C9H7NO5. The van der Waals surface area contributed by atoms with Crippen LogP contribution in [0.5, 0.6) is 0 Å². The molecule has 0 aliphatic heterocycles. The van der Waals surface area contributed by atoms with Crippen LogP contribution in [0.25, 0.3) is 0 Å². The van der Waals surface area contributed by atoms with Crippen LogP contribution in [0.2, 0.25) is 0 Å². The normalized spacial score (nSPS) is 9.33. The smallest absolute Gasteiger partial charge is 0.293 e. The van der Waals surface area contributed by atoms with Gasteiger partial charge >= 0.3 is 0 Å². The lowest BCUT2D eigenvalue weighted by molar-refractivity contribution is -0.384. The maximum absolute atomic E-state index is 11.2. The summed E-state index contributed by atoms with van der Waals surface area (Å²) in [5.41, 5.74) is 0.172. The van der Waals surface area contributed by atoms with Crippen LogP contribution >= 0.6 is 0 Å². The van der Waals surface area contributed by atoms with Crippen molar-refractivity contribution in [2.75, 3.05) is 6.61 Å². The molecule has 0 atom stereocenters. The molecule has 6 heteroatoms. The van der Waals surface area contributed by atoms with Crippen LogP contribution < -0.4 is 0 Å². The van der Waals surface area contributed by atoms with Crippen molar-refractivity contribution < 1.29 is 19.2 Å².